The molecule has 0 saturated heterocycles. The van der Waals surface area contributed by atoms with Gasteiger partial charge in [0.15, 0.2) is 0 Å². The van der Waals surface area contributed by atoms with E-state index in [9.17, 15) is 4.79 Å². The summed E-state index contributed by atoms with van der Waals surface area (Å²) in [5.41, 5.74) is 2.38. The summed E-state index contributed by atoms with van der Waals surface area (Å²) in [5.74, 6) is 1.13. The molecule has 3 nitrogen and oxygen atoms in total. The van der Waals surface area contributed by atoms with Gasteiger partial charge in [-0.2, -0.15) is 0 Å². The predicted molar refractivity (Wildman–Crippen MR) is 85.3 cm³/mol. The highest BCUT2D eigenvalue weighted by atomic mass is 32.1. The zero-order valence-corrected chi connectivity index (χ0v) is 13.2. The fraction of sp³-hybridized carbons (Fsp3) is 0.412. The molecule has 0 radical (unpaired) electrons. The van der Waals surface area contributed by atoms with Crippen LogP contribution >= 0.6 is 11.3 Å². The number of hydrogen-bond donors (Lipinski definition) is 1. The van der Waals surface area contributed by atoms with E-state index in [4.69, 9.17) is 0 Å². The molecule has 0 aliphatic heterocycles. The number of nitrogens with one attached hydrogen (secondary N) is 1. The number of aromatic nitrogens is 1. The molecule has 1 fully saturated rings. The minimum Gasteiger partial charge on any atom is -0.349 e. The van der Waals surface area contributed by atoms with Gasteiger partial charge in [-0.25, -0.2) is 4.98 Å². The van der Waals surface area contributed by atoms with Crippen LogP contribution in [0.1, 0.15) is 48.4 Å². The van der Waals surface area contributed by atoms with Crippen molar-refractivity contribution in [3.05, 3.63) is 52.0 Å². The number of benzene rings is 1. The minimum atomic E-state index is 0.136. The van der Waals surface area contributed by atoms with Gasteiger partial charge in [-0.1, -0.05) is 44.2 Å². The van der Waals surface area contributed by atoms with Crippen molar-refractivity contribution < 1.29 is 4.79 Å². The van der Waals surface area contributed by atoms with Crippen LogP contribution in [0.2, 0.25) is 0 Å². The summed E-state index contributed by atoms with van der Waals surface area (Å²) in [6, 6.07) is 10.3. The molecule has 1 aromatic carbocycles. The Hall–Kier alpha value is -1.68. The Kier molecular flexibility index (Phi) is 4.06. The molecule has 1 aliphatic carbocycles. The van der Waals surface area contributed by atoms with E-state index in [1.165, 1.54) is 5.56 Å². The van der Waals surface area contributed by atoms with E-state index in [0.717, 1.165) is 17.1 Å². The second-order valence-electron chi connectivity index (χ2n) is 5.90. The third-order valence-corrected chi connectivity index (χ3v) is 4.80. The molecule has 3 rings (SSSR count). The first-order valence-corrected chi connectivity index (χ1v) is 8.30. The maximum Gasteiger partial charge on any atom is 0.224 e. The molecule has 2 atom stereocenters. The summed E-state index contributed by atoms with van der Waals surface area (Å²) < 4.78 is 0. The van der Waals surface area contributed by atoms with Gasteiger partial charge in [-0.3, -0.25) is 4.79 Å². The summed E-state index contributed by atoms with van der Waals surface area (Å²) in [5, 5.41) is 6.09. The smallest absolute Gasteiger partial charge is 0.224 e. The van der Waals surface area contributed by atoms with Gasteiger partial charge < -0.3 is 5.32 Å². The van der Waals surface area contributed by atoms with E-state index in [2.05, 4.69) is 41.7 Å². The first-order chi connectivity index (χ1) is 10.1. The Labute approximate surface area is 129 Å². The van der Waals surface area contributed by atoms with E-state index in [0.29, 0.717) is 18.4 Å². The largest absolute Gasteiger partial charge is 0.349 e. The summed E-state index contributed by atoms with van der Waals surface area (Å²) >= 11 is 1.62. The Morgan fingerprint density at radius 2 is 2.14 bits per heavy atom. The zero-order valence-electron chi connectivity index (χ0n) is 12.4. The number of rotatable bonds is 5. The molecule has 1 aliphatic rings. The second-order valence-corrected chi connectivity index (χ2v) is 6.84. The molecule has 21 heavy (non-hydrogen) atoms. The standard InChI is InChI=1S/C17H20N2OS/c1-11(2)15-10-21-16(19-15)9-18-17(20)14-8-13(14)12-6-4-3-5-7-12/h3-7,10-11,13-14H,8-9H2,1-2H3,(H,18,20)/t13-,14+/m1/s1. The minimum absolute atomic E-state index is 0.136. The van der Waals surface area contributed by atoms with E-state index in [-0.39, 0.29) is 11.8 Å². The van der Waals surface area contributed by atoms with Gasteiger partial charge in [-0.15, -0.1) is 11.3 Å². The SMILES string of the molecule is CC(C)c1csc(CNC(=O)[C@H]2C[C@@H]2c2ccccc2)n1. The van der Waals surface area contributed by atoms with Gasteiger partial charge in [0.25, 0.3) is 0 Å². The Morgan fingerprint density at radius 1 is 1.38 bits per heavy atom. The maximum atomic E-state index is 12.2. The van der Waals surface area contributed by atoms with Crippen molar-refractivity contribution in [2.75, 3.05) is 0 Å². The molecule has 1 aromatic heterocycles. The number of carbonyl (C=O) groups is 1. The van der Waals surface area contributed by atoms with E-state index >= 15 is 0 Å². The highest BCUT2D eigenvalue weighted by Gasteiger charge is 2.43. The number of amides is 1. The molecule has 110 valence electrons. The van der Waals surface area contributed by atoms with Crippen LogP contribution in [0.3, 0.4) is 0 Å². The lowest BCUT2D eigenvalue weighted by Crippen LogP contribution is -2.24. The van der Waals surface area contributed by atoms with Crippen LogP contribution in [-0.4, -0.2) is 10.9 Å². The first kappa shape index (κ1) is 14.3. The van der Waals surface area contributed by atoms with Gasteiger partial charge in [0.05, 0.1) is 12.2 Å². The van der Waals surface area contributed by atoms with Crippen LogP contribution in [0.15, 0.2) is 35.7 Å². The number of carbonyl (C=O) groups excluding carboxylic acids is 1. The predicted octanol–water partition coefficient (Wildman–Crippen LogP) is 3.69. The lowest BCUT2D eigenvalue weighted by molar-refractivity contribution is -0.122. The number of nitrogens with zero attached hydrogens (tertiary/aromatic N) is 1. The molecular weight excluding hydrogens is 280 g/mol. The molecule has 0 bridgehead atoms. The van der Waals surface area contributed by atoms with E-state index < -0.39 is 0 Å². The average Bonchev–Trinajstić information content (AvgIpc) is 3.15. The summed E-state index contributed by atoms with van der Waals surface area (Å²) in [4.78, 5) is 16.7. The van der Waals surface area contributed by atoms with Crippen molar-refractivity contribution in [3.8, 4) is 0 Å². The highest BCUT2D eigenvalue weighted by molar-refractivity contribution is 7.09. The molecular formula is C17H20N2OS. The number of thiazole rings is 1. The van der Waals surface area contributed by atoms with Gasteiger partial charge in [-0.05, 0) is 23.8 Å². The fourth-order valence-electron chi connectivity index (χ4n) is 2.52. The first-order valence-electron chi connectivity index (χ1n) is 7.42. The molecule has 1 N–H and O–H groups in total. The third kappa shape index (κ3) is 3.32. The van der Waals surface area contributed by atoms with Crippen LogP contribution in [-0.2, 0) is 11.3 Å². The quantitative estimate of drug-likeness (QED) is 0.915. The lowest BCUT2D eigenvalue weighted by Gasteiger charge is -2.03. The Morgan fingerprint density at radius 3 is 2.81 bits per heavy atom. The van der Waals surface area contributed by atoms with Crippen molar-refractivity contribution in [2.24, 2.45) is 5.92 Å². The van der Waals surface area contributed by atoms with E-state index in [1.54, 1.807) is 11.3 Å². The van der Waals surface area contributed by atoms with Crippen molar-refractivity contribution in [2.45, 2.75) is 38.6 Å². The van der Waals surface area contributed by atoms with Crippen molar-refractivity contribution >= 4 is 17.2 Å². The molecule has 4 heteroatoms. The normalized spacial score (nSPS) is 20.5. The van der Waals surface area contributed by atoms with Gasteiger partial charge in [0, 0.05) is 11.3 Å². The van der Waals surface area contributed by atoms with Crippen LogP contribution in [0.4, 0.5) is 0 Å². The Bertz CT molecular complexity index is 621. The monoisotopic (exact) mass is 300 g/mol. The van der Waals surface area contributed by atoms with E-state index in [1.807, 2.05) is 18.2 Å². The molecule has 0 spiro atoms. The summed E-state index contributed by atoms with van der Waals surface area (Å²) in [6.45, 7) is 4.81. The molecule has 1 saturated carbocycles. The van der Waals surface area contributed by atoms with Gasteiger partial charge in [0.1, 0.15) is 5.01 Å². The number of hydrogen-bond acceptors (Lipinski definition) is 3. The highest BCUT2D eigenvalue weighted by Crippen LogP contribution is 2.47. The lowest BCUT2D eigenvalue weighted by atomic mass is 10.1. The third-order valence-electron chi connectivity index (χ3n) is 3.93. The Balaban J connectivity index is 1.51. The molecule has 1 heterocycles. The van der Waals surface area contributed by atoms with Crippen molar-refractivity contribution in [1.82, 2.24) is 10.3 Å². The van der Waals surface area contributed by atoms with Crippen molar-refractivity contribution in [3.63, 3.8) is 0 Å². The van der Waals surface area contributed by atoms with Crippen molar-refractivity contribution in [1.29, 1.82) is 0 Å². The topological polar surface area (TPSA) is 42.0 Å². The second kappa shape index (κ2) is 5.98. The van der Waals surface area contributed by atoms with Crippen LogP contribution in [0.5, 0.6) is 0 Å². The maximum absolute atomic E-state index is 12.2. The summed E-state index contributed by atoms with van der Waals surface area (Å²) in [6.07, 6.45) is 0.963. The molecule has 2 aromatic rings. The molecule has 0 unspecified atom stereocenters. The van der Waals surface area contributed by atoms with Crippen LogP contribution in [0, 0.1) is 5.92 Å². The molecule has 1 amide bonds. The van der Waals surface area contributed by atoms with Crippen LogP contribution < -0.4 is 5.32 Å². The zero-order chi connectivity index (χ0) is 14.8. The summed E-state index contributed by atoms with van der Waals surface area (Å²) in [7, 11) is 0. The van der Waals surface area contributed by atoms with Crippen LogP contribution in [0.25, 0.3) is 0 Å². The van der Waals surface area contributed by atoms with Gasteiger partial charge >= 0.3 is 0 Å². The average molecular weight is 300 g/mol. The fourth-order valence-corrected chi connectivity index (χ4v) is 3.41. The van der Waals surface area contributed by atoms with Gasteiger partial charge in [0.2, 0.25) is 5.91 Å².